The Morgan fingerprint density at radius 3 is 1.65 bits per heavy atom. The van der Waals surface area contributed by atoms with Crippen LogP contribution in [-0.2, 0) is 14.0 Å². The lowest BCUT2D eigenvalue weighted by Gasteiger charge is -2.35. The van der Waals surface area contributed by atoms with Crippen LogP contribution in [0.2, 0.25) is 18.1 Å². The van der Waals surface area contributed by atoms with Crippen LogP contribution in [0.3, 0.4) is 0 Å². The van der Waals surface area contributed by atoms with Crippen LogP contribution in [0.4, 0.5) is 13.2 Å². The number of halogens is 3. The molecule has 0 saturated heterocycles. The Morgan fingerprint density at radius 1 is 1.04 bits per heavy atom. The molecule has 0 N–H and O–H groups in total. The largest absolute Gasteiger partial charge is 0.522 e. The lowest BCUT2D eigenvalue weighted by molar-refractivity contribution is -0.0504. The predicted molar refractivity (Wildman–Crippen MR) is 87.0 cm³/mol. The highest BCUT2D eigenvalue weighted by Gasteiger charge is 2.52. The molecule has 1 heterocycles. The van der Waals surface area contributed by atoms with E-state index in [4.69, 9.17) is 0 Å². The Morgan fingerprint density at radius 2 is 1.43 bits per heavy atom. The molecule has 0 unspecified atom stereocenters. The van der Waals surface area contributed by atoms with Crippen LogP contribution in [0.25, 0.3) is 0 Å². The molecule has 134 valence electrons. The fraction of sp³-hybridized carbons (Fsp3) is 0.643. The van der Waals surface area contributed by atoms with Gasteiger partial charge in [-0.3, -0.25) is 4.98 Å². The highest BCUT2D eigenvalue weighted by atomic mass is 32.2. The fourth-order valence-corrected chi connectivity index (χ4v) is 4.70. The Labute approximate surface area is 137 Å². The summed E-state index contributed by atoms with van der Waals surface area (Å²) >= 11 is 0. The standard InChI is InChI=1S/C7H15F3O3SSi.C7H9N/c1-6(2,3)15(4,5)13-14(11,12)7(8,9)10;1-6-4-3-5-7(2)8-6/h1-5H3;3-5H,1-2H3. The summed E-state index contributed by atoms with van der Waals surface area (Å²) in [5.41, 5.74) is -3.17. The summed E-state index contributed by atoms with van der Waals surface area (Å²) in [5, 5.41) is -0.592. The van der Waals surface area contributed by atoms with Crippen LogP contribution < -0.4 is 0 Å². The summed E-state index contributed by atoms with van der Waals surface area (Å²) in [5.74, 6) is 0. The van der Waals surface area contributed by atoms with Gasteiger partial charge in [0.1, 0.15) is 0 Å². The van der Waals surface area contributed by atoms with Gasteiger partial charge in [-0.1, -0.05) is 26.8 Å². The van der Waals surface area contributed by atoms with Crippen molar-refractivity contribution in [3.05, 3.63) is 29.6 Å². The van der Waals surface area contributed by atoms with Crippen molar-refractivity contribution < 1.29 is 25.5 Å². The molecule has 9 heteroatoms. The fourth-order valence-electron chi connectivity index (χ4n) is 1.13. The number of pyridine rings is 1. The molecule has 1 aromatic rings. The van der Waals surface area contributed by atoms with Crippen molar-refractivity contribution in [2.75, 3.05) is 0 Å². The first-order chi connectivity index (χ1) is 9.99. The third kappa shape index (κ3) is 7.00. The smallest absolute Gasteiger partial charge is 0.308 e. The second-order valence-electron chi connectivity index (χ2n) is 6.66. The van der Waals surface area contributed by atoms with Crippen LogP contribution >= 0.6 is 0 Å². The van der Waals surface area contributed by atoms with E-state index in [-0.39, 0.29) is 0 Å². The van der Waals surface area contributed by atoms with Gasteiger partial charge in [-0.05, 0) is 44.1 Å². The molecular weight excluding hydrogens is 347 g/mol. The lowest BCUT2D eigenvalue weighted by atomic mass is 10.2. The average Bonchev–Trinajstić information content (AvgIpc) is 2.24. The average molecular weight is 371 g/mol. The van der Waals surface area contributed by atoms with Crippen LogP contribution in [0, 0.1) is 13.8 Å². The molecule has 0 aliphatic rings. The van der Waals surface area contributed by atoms with Gasteiger partial charge in [-0.2, -0.15) is 21.6 Å². The topological polar surface area (TPSA) is 56.3 Å². The molecule has 23 heavy (non-hydrogen) atoms. The van der Waals surface area contributed by atoms with Crippen molar-refractivity contribution in [3.8, 4) is 0 Å². The molecule has 0 aliphatic heterocycles. The molecular formula is C14H24F3NO3SSi. The van der Waals surface area contributed by atoms with E-state index >= 15 is 0 Å². The molecule has 0 radical (unpaired) electrons. The molecule has 0 saturated carbocycles. The monoisotopic (exact) mass is 371 g/mol. The number of hydrogen-bond acceptors (Lipinski definition) is 4. The van der Waals surface area contributed by atoms with Gasteiger partial charge >= 0.3 is 15.6 Å². The molecule has 0 amide bonds. The van der Waals surface area contributed by atoms with Gasteiger partial charge in [0.25, 0.3) is 0 Å². The SMILES string of the molecule is CC(C)(C)[Si](C)(C)OS(=O)(=O)C(F)(F)F.Cc1cccc(C)n1. The molecule has 4 nitrogen and oxygen atoms in total. The number of nitrogens with zero attached hydrogens (tertiary/aromatic N) is 1. The highest BCUT2D eigenvalue weighted by molar-refractivity contribution is 7.88. The first-order valence-corrected chi connectivity index (χ1v) is 11.2. The lowest BCUT2D eigenvalue weighted by Crippen LogP contribution is -2.45. The van der Waals surface area contributed by atoms with E-state index in [9.17, 15) is 21.6 Å². The maximum atomic E-state index is 12.1. The van der Waals surface area contributed by atoms with Crippen molar-refractivity contribution in [2.45, 2.75) is 58.3 Å². The predicted octanol–water partition coefficient (Wildman–Crippen LogP) is 4.56. The summed E-state index contributed by atoms with van der Waals surface area (Å²) in [6, 6.07) is 6.00. The molecule has 0 aromatic carbocycles. The number of aryl methyl sites for hydroxylation is 2. The van der Waals surface area contributed by atoms with E-state index in [1.807, 2.05) is 32.0 Å². The second-order valence-corrected chi connectivity index (χ2v) is 13.2. The van der Waals surface area contributed by atoms with E-state index in [1.165, 1.54) is 13.1 Å². The van der Waals surface area contributed by atoms with Crippen molar-refractivity contribution in [1.82, 2.24) is 4.98 Å². The van der Waals surface area contributed by atoms with Crippen molar-refractivity contribution in [3.63, 3.8) is 0 Å². The number of hydrogen-bond donors (Lipinski definition) is 0. The number of rotatable bonds is 2. The minimum Gasteiger partial charge on any atom is -0.308 e. The Kier molecular flexibility index (Phi) is 7.01. The van der Waals surface area contributed by atoms with Crippen LogP contribution in [0.15, 0.2) is 18.2 Å². The van der Waals surface area contributed by atoms with E-state index in [2.05, 4.69) is 8.86 Å². The Hall–Kier alpha value is -0.933. The summed E-state index contributed by atoms with van der Waals surface area (Å²) in [6.07, 6.45) is 0. The van der Waals surface area contributed by atoms with Gasteiger partial charge in [0.15, 0.2) is 0 Å². The molecule has 0 aliphatic carbocycles. The van der Waals surface area contributed by atoms with Gasteiger partial charge < -0.3 is 3.87 Å². The minimum absolute atomic E-state index is 0.592. The maximum Gasteiger partial charge on any atom is 0.522 e. The van der Waals surface area contributed by atoms with E-state index in [0.29, 0.717) is 0 Å². The van der Waals surface area contributed by atoms with Crippen molar-refractivity contribution >= 4 is 18.4 Å². The quantitative estimate of drug-likeness (QED) is 0.565. The first kappa shape index (κ1) is 22.1. The molecule has 0 atom stereocenters. The van der Waals surface area contributed by atoms with E-state index < -0.39 is 29.0 Å². The summed E-state index contributed by atoms with van der Waals surface area (Å²) in [4.78, 5) is 4.17. The third-order valence-electron chi connectivity index (χ3n) is 3.44. The Bertz CT molecular complexity index is 606. The van der Waals surface area contributed by atoms with Crippen molar-refractivity contribution in [2.24, 2.45) is 0 Å². The van der Waals surface area contributed by atoms with Gasteiger partial charge in [-0.15, -0.1) is 0 Å². The molecule has 1 aromatic heterocycles. The molecule has 0 fully saturated rings. The minimum atomic E-state index is -5.48. The summed E-state index contributed by atoms with van der Waals surface area (Å²) in [6.45, 7) is 11.8. The van der Waals surface area contributed by atoms with Crippen molar-refractivity contribution in [1.29, 1.82) is 0 Å². The number of aromatic nitrogens is 1. The van der Waals surface area contributed by atoms with E-state index in [1.54, 1.807) is 20.8 Å². The molecule has 0 spiro atoms. The van der Waals surface area contributed by atoms with Crippen LogP contribution in [0.5, 0.6) is 0 Å². The molecule has 1 rings (SSSR count). The Balaban J connectivity index is 0.000000502. The normalized spacial score (nSPS) is 13.3. The van der Waals surface area contributed by atoms with Gasteiger partial charge in [-0.25, -0.2) is 0 Å². The third-order valence-corrected chi connectivity index (χ3v) is 10.2. The van der Waals surface area contributed by atoms with Gasteiger partial charge in [0.05, 0.1) is 0 Å². The van der Waals surface area contributed by atoms with Crippen LogP contribution in [-0.4, -0.2) is 27.2 Å². The molecule has 0 bridgehead atoms. The van der Waals surface area contributed by atoms with Gasteiger partial charge in [0.2, 0.25) is 8.32 Å². The zero-order valence-corrected chi connectivity index (χ0v) is 16.3. The summed E-state index contributed by atoms with van der Waals surface area (Å²) in [7, 11) is -8.43. The zero-order chi connectivity index (χ0) is 18.7. The number of alkyl halides is 3. The van der Waals surface area contributed by atoms with E-state index in [0.717, 1.165) is 11.4 Å². The zero-order valence-electron chi connectivity index (χ0n) is 14.4. The van der Waals surface area contributed by atoms with Gasteiger partial charge in [0, 0.05) is 11.4 Å². The highest BCUT2D eigenvalue weighted by Crippen LogP contribution is 2.40. The van der Waals surface area contributed by atoms with Crippen LogP contribution in [0.1, 0.15) is 32.2 Å². The summed E-state index contributed by atoms with van der Waals surface area (Å²) < 4.78 is 62.1. The maximum absolute atomic E-state index is 12.1. The first-order valence-electron chi connectivity index (χ1n) is 6.92. The second kappa shape index (κ2) is 7.31.